The lowest BCUT2D eigenvalue weighted by Crippen LogP contribution is -2.41. The Morgan fingerprint density at radius 2 is 1.82 bits per heavy atom. The quantitative estimate of drug-likeness (QED) is 0.449. The largest absolute Gasteiger partial charge is 0.381 e. The molecule has 2 N–H and O–H groups in total. The number of nitrogens with one attached hydrogen (secondary N) is 1. The number of aliphatic hydroxyl groups is 1. The molecule has 0 atom stereocenters. The van der Waals surface area contributed by atoms with Crippen LogP contribution in [0.15, 0.2) is 25.3 Å². The van der Waals surface area contributed by atoms with Gasteiger partial charge in [0.15, 0.2) is 0 Å². The maximum atomic E-state index is 8.68. The smallest absolute Gasteiger partial charge is 0.0935 e. The van der Waals surface area contributed by atoms with Crippen LogP contribution < -0.4 is 5.32 Å². The molecule has 0 rings (SSSR count). The zero-order chi connectivity index (χ0) is 8.74. The summed E-state index contributed by atoms with van der Waals surface area (Å²) in [6.07, 6.45) is 5.34. The Hall–Kier alpha value is -0.600. The molecular weight excluding hydrogens is 138 g/mol. The third-order valence-electron chi connectivity index (χ3n) is 1.70. The molecule has 0 aliphatic heterocycles. The molecule has 0 spiro atoms. The van der Waals surface area contributed by atoms with Gasteiger partial charge in [0.25, 0.3) is 0 Å². The Labute approximate surface area is 68.6 Å². The molecule has 0 unspecified atom stereocenters. The average molecular weight is 155 g/mol. The van der Waals surface area contributed by atoms with E-state index < -0.39 is 0 Å². The lowest BCUT2D eigenvalue weighted by Gasteiger charge is -2.27. The third kappa shape index (κ3) is 3.96. The number of rotatable bonds is 6. The highest BCUT2D eigenvalue weighted by Gasteiger charge is 2.18. The fraction of sp³-hybridized carbons (Fsp3) is 0.556. The first-order valence-corrected chi connectivity index (χ1v) is 3.76. The Kier molecular flexibility index (Phi) is 4.83. The van der Waals surface area contributed by atoms with Gasteiger partial charge in [0.2, 0.25) is 0 Å². The van der Waals surface area contributed by atoms with Crippen molar-refractivity contribution in [2.24, 2.45) is 0 Å². The van der Waals surface area contributed by atoms with Crippen LogP contribution in [-0.4, -0.2) is 17.4 Å². The van der Waals surface area contributed by atoms with Gasteiger partial charge in [-0.1, -0.05) is 12.2 Å². The first-order chi connectivity index (χ1) is 5.18. The first kappa shape index (κ1) is 10.4. The van der Waals surface area contributed by atoms with Crippen LogP contribution in [0.1, 0.15) is 19.8 Å². The predicted octanol–water partition coefficient (Wildman–Crippen LogP) is 1.44. The van der Waals surface area contributed by atoms with E-state index in [1.165, 1.54) is 0 Å². The Morgan fingerprint density at radius 1 is 1.36 bits per heavy atom. The molecule has 2 nitrogen and oxygen atoms in total. The van der Waals surface area contributed by atoms with Crippen molar-refractivity contribution < 1.29 is 5.11 Å². The van der Waals surface area contributed by atoms with Gasteiger partial charge in [-0.3, -0.25) is 5.32 Å². The van der Waals surface area contributed by atoms with Gasteiger partial charge < -0.3 is 5.11 Å². The van der Waals surface area contributed by atoms with Gasteiger partial charge in [-0.2, -0.15) is 0 Å². The molecular formula is C9H17NO. The van der Waals surface area contributed by atoms with E-state index in [2.05, 4.69) is 18.5 Å². The highest BCUT2D eigenvalue weighted by molar-refractivity contribution is 4.94. The normalized spacial score (nSPS) is 11.1. The van der Waals surface area contributed by atoms with Crippen molar-refractivity contribution in [2.45, 2.75) is 25.3 Å². The lowest BCUT2D eigenvalue weighted by molar-refractivity contribution is 0.202. The minimum Gasteiger partial charge on any atom is -0.381 e. The molecule has 0 heterocycles. The summed E-state index contributed by atoms with van der Waals surface area (Å²) in [4.78, 5) is 0. The highest BCUT2D eigenvalue weighted by Crippen LogP contribution is 2.14. The summed E-state index contributed by atoms with van der Waals surface area (Å²) in [7, 11) is 0. The molecule has 0 radical (unpaired) electrons. The molecule has 2 heteroatoms. The molecule has 0 saturated carbocycles. The molecule has 0 saturated heterocycles. The Bertz CT molecular complexity index is 122. The van der Waals surface area contributed by atoms with Crippen LogP contribution in [0, 0.1) is 0 Å². The molecule has 64 valence electrons. The topological polar surface area (TPSA) is 32.3 Å². The molecule has 0 amide bonds. The predicted molar refractivity (Wildman–Crippen MR) is 48.3 cm³/mol. The first-order valence-electron chi connectivity index (χ1n) is 3.76. The van der Waals surface area contributed by atoms with Crippen LogP contribution >= 0.6 is 0 Å². The molecule has 0 aromatic rings. The van der Waals surface area contributed by atoms with Crippen LogP contribution in [0.25, 0.3) is 0 Å². The lowest BCUT2D eigenvalue weighted by atomic mass is 9.94. The Balaban J connectivity index is 3.98. The van der Waals surface area contributed by atoms with Crippen molar-refractivity contribution in [3.05, 3.63) is 25.3 Å². The summed E-state index contributed by atoms with van der Waals surface area (Å²) in [6.45, 7) is 9.34. The zero-order valence-electron chi connectivity index (χ0n) is 7.14. The molecule has 0 aliphatic rings. The van der Waals surface area contributed by atoms with Gasteiger partial charge in [0.05, 0.1) is 6.73 Å². The van der Waals surface area contributed by atoms with Gasteiger partial charge in [0, 0.05) is 5.54 Å². The van der Waals surface area contributed by atoms with Gasteiger partial charge in [-0.25, -0.2) is 0 Å². The van der Waals surface area contributed by atoms with Gasteiger partial charge >= 0.3 is 0 Å². The number of aliphatic hydroxyl groups excluding tert-OH is 1. The van der Waals surface area contributed by atoms with E-state index in [9.17, 15) is 0 Å². The van der Waals surface area contributed by atoms with Crippen LogP contribution in [0.2, 0.25) is 0 Å². The van der Waals surface area contributed by atoms with Gasteiger partial charge in [0.1, 0.15) is 0 Å². The van der Waals surface area contributed by atoms with E-state index in [0.717, 1.165) is 12.8 Å². The minimum absolute atomic E-state index is 0.00181. The van der Waals surface area contributed by atoms with Crippen molar-refractivity contribution in [3.8, 4) is 0 Å². The maximum absolute atomic E-state index is 8.68. The van der Waals surface area contributed by atoms with E-state index in [-0.39, 0.29) is 12.3 Å². The van der Waals surface area contributed by atoms with Crippen LogP contribution in [-0.2, 0) is 0 Å². The number of hydrogen-bond donors (Lipinski definition) is 2. The molecule has 0 fully saturated rings. The second kappa shape index (κ2) is 5.10. The van der Waals surface area contributed by atoms with Crippen molar-refractivity contribution in [2.75, 3.05) is 6.73 Å². The van der Waals surface area contributed by atoms with Crippen molar-refractivity contribution in [1.82, 2.24) is 5.32 Å². The van der Waals surface area contributed by atoms with E-state index >= 15 is 0 Å². The molecule has 0 aromatic carbocycles. The standard InChI is InChI=1S/C9H17NO/c1-4-6-9(3,7-5-2)10-8-11/h4-5,10-11H,1-2,6-8H2,3H3. The summed E-state index contributed by atoms with van der Waals surface area (Å²) in [5, 5.41) is 11.6. The number of hydrogen-bond acceptors (Lipinski definition) is 2. The van der Waals surface area contributed by atoms with E-state index in [1.54, 1.807) is 0 Å². The summed E-state index contributed by atoms with van der Waals surface area (Å²) in [6, 6.07) is 0. The van der Waals surface area contributed by atoms with E-state index in [0.29, 0.717) is 0 Å². The molecule has 11 heavy (non-hydrogen) atoms. The summed E-state index contributed by atoms with van der Waals surface area (Å²) < 4.78 is 0. The highest BCUT2D eigenvalue weighted by atomic mass is 16.3. The second-order valence-corrected chi connectivity index (χ2v) is 2.88. The van der Waals surface area contributed by atoms with Crippen molar-refractivity contribution in [1.29, 1.82) is 0 Å². The van der Waals surface area contributed by atoms with Gasteiger partial charge in [-0.05, 0) is 19.8 Å². The van der Waals surface area contributed by atoms with Crippen LogP contribution in [0.4, 0.5) is 0 Å². The van der Waals surface area contributed by atoms with Crippen molar-refractivity contribution >= 4 is 0 Å². The molecule has 0 aromatic heterocycles. The third-order valence-corrected chi connectivity index (χ3v) is 1.70. The summed E-state index contributed by atoms with van der Waals surface area (Å²) in [5.74, 6) is 0. The maximum Gasteiger partial charge on any atom is 0.0935 e. The average Bonchev–Trinajstić information content (AvgIpc) is 1.88. The fourth-order valence-electron chi connectivity index (χ4n) is 1.06. The van der Waals surface area contributed by atoms with Crippen LogP contribution in [0.3, 0.4) is 0 Å². The molecule has 0 aliphatic carbocycles. The fourth-order valence-corrected chi connectivity index (χ4v) is 1.06. The monoisotopic (exact) mass is 155 g/mol. The van der Waals surface area contributed by atoms with Crippen molar-refractivity contribution in [3.63, 3.8) is 0 Å². The zero-order valence-corrected chi connectivity index (χ0v) is 7.14. The Morgan fingerprint density at radius 3 is 2.09 bits per heavy atom. The van der Waals surface area contributed by atoms with Gasteiger partial charge in [-0.15, -0.1) is 13.2 Å². The second-order valence-electron chi connectivity index (χ2n) is 2.88. The minimum atomic E-state index is -0.0851. The SMILES string of the molecule is C=CCC(C)(CC=C)NCO. The summed E-state index contributed by atoms with van der Waals surface area (Å²) >= 11 is 0. The summed E-state index contributed by atoms with van der Waals surface area (Å²) in [5.41, 5.74) is -0.0851. The van der Waals surface area contributed by atoms with E-state index in [4.69, 9.17) is 5.11 Å². The molecule has 0 bridgehead atoms. The van der Waals surface area contributed by atoms with E-state index in [1.807, 2.05) is 19.1 Å². The van der Waals surface area contributed by atoms with Crippen LogP contribution in [0.5, 0.6) is 0 Å².